The van der Waals surface area contributed by atoms with Gasteiger partial charge in [-0.25, -0.2) is 0 Å². The van der Waals surface area contributed by atoms with Crippen molar-refractivity contribution < 1.29 is 9.53 Å². The van der Waals surface area contributed by atoms with Crippen LogP contribution in [0.4, 0.5) is 0 Å². The molecule has 2 fully saturated rings. The highest BCUT2D eigenvalue weighted by molar-refractivity contribution is 5.81. The van der Waals surface area contributed by atoms with Crippen molar-refractivity contribution in [2.45, 2.75) is 31.8 Å². The molecule has 0 spiro atoms. The van der Waals surface area contributed by atoms with Crippen LogP contribution in [0.25, 0.3) is 22.4 Å². The SMILES string of the molecule is O=C(C1CC1)N1CCC(Oc2ccc(-c3ccc(-c4ccccc4)nc3)cc2)CC1. The minimum absolute atomic E-state index is 0.186. The molecule has 1 aliphatic heterocycles. The lowest BCUT2D eigenvalue weighted by Gasteiger charge is -2.32. The van der Waals surface area contributed by atoms with E-state index < -0.39 is 0 Å². The van der Waals surface area contributed by atoms with E-state index in [4.69, 9.17) is 4.74 Å². The average Bonchev–Trinajstić information content (AvgIpc) is 3.66. The van der Waals surface area contributed by atoms with Gasteiger partial charge in [0, 0.05) is 49.2 Å². The zero-order valence-electron chi connectivity index (χ0n) is 17.0. The summed E-state index contributed by atoms with van der Waals surface area (Å²) in [5, 5.41) is 0. The zero-order valence-corrected chi connectivity index (χ0v) is 17.0. The average molecular weight is 399 g/mol. The number of carbonyl (C=O) groups excluding carboxylic acids is 1. The molecule has 152 valence electrons. The van der Waals surface area contributed by atoms with Crippen LogP contribution >= 0.6 is 0 Å². The summed E-state index contributed by atoms with van der Waals surface area (Å²) in [6.45, 7) is 1.63. The van der Waals surface area contributed by atoms with Gasteiger partial charge in [-0.05, 0) is 36.6 Å². The number of hydrogen-bond donors (Lipinski definition) is 0. The van der Waals surface area contributed by atoms with E-state index in [9.17, 15) is 4.79 Å². The summed E-state index contributed by atoms with van der Waals surface area (Å²) in [5.74, 6) is 1.55. The number of nitrogens with zero attached hydrogens (tertiary/aromatic N) is 2. The molecular weight excluding hydrogens is 372 g/mol. The first-order valence-corrected chi connectivity index (χ1v) is 10.8. The highest BCUT2D eigenvalue weighted by Crippen LogP contribution is 2.32. The maximum atomic E-state index is 12.2. The van der Waals surface area contributed by atoms with Crippen LogP contribution in [0.2, 0.25) is 0 Å². The Balaban J connectivity index is 1.18. The number of amides is 1. The second-order valence-corrected chi connectivity index (χ2v) is 8.24. The van der Waals surface area contributed by atoms with Crippen LogP contribution in [-0.2, 0) is 4.79 Å². The number of ether oxygens (including phenoxy) is 1. The van der Waals surface area contributed by atoms with Gasteiger partial charge >= 0.3 is 0 Å². The summed E-state index contributed by atoms with van der Waals surface area (Å²) < 4.78 is 6.17. The quantitative estimate of drug-likeness (QED) is 0.594. The smallest absolute Gasteiger partial charge is 0.225 e. The largest absolute Gasteiger partial charge is 0.490 e. The number of carbonyl (C=O) groups is 1. The van der Waals surface area contributed by atoms with E-state index in [1.807, 2.05) is 41.4 Å². The molecule has 3 aromatic rings. The summed E-state index contributed by atoms with van der Waals surface area (Å²) in [4.78, 5) is 18.8. The first-order chi connectivity index (χ1) is 14.8. The minimum Gasteiger partial charge on any atom is -0.490 e. The second-order valence-electron chi connectivity index (χ2n) is 8.24. The van der Waals surface area contributed by atoms with Gasteiger partial charge in [-0.1, -0.05) is 48.5 Å². The van der Waals surface area contributed by atoms with Crippen LogP contribution in [0.15, 0.2) is 72.9 Å². The maximum Gasteiger partial charge on any atom is 0.225 e. The molecule has 0 atom stereocenters. The Morgan fingerprint density at radius 2 is 1.50 bits per heavy atom. The van der Waals surface area contributed by atoms with Gasteiger partial charge in [-0.15, -0.1) is 0 Å². The van der Waals surface area contributed by atoms with E-state index in [1.54, 1.807) is 0 Å². The lowest BCUT2D eigenvalue weighted by molar-refractivity contribution is -0.134. The Morgan fingerprint density at radius 1 is 0.800 bits per heavy atom. The van der Waals surface area contributed by atoms with Crippen molar-refractivity contribution >= 4 is 5.91 Å². The number of piperidine rings is 1. The minimum atomic E-state index is 0.186. The summed E-state index contributed by atoms with van der Waals surface area (Å²) in [6.07, 6.45) is 6.07. The van der Waals surface area contributed by atoms with Crippen LogP contribution in [0.1, 0.15) is 25.7 Å². The number of likely N-dealkylation sites (tertiary alicyclic amines) is 1. The van der Waals surface area contributed by atoms with Crippen LogP contribution in [0.3, 0.4) is 0 Å². The Bertz CT molecular complexity index is 987. The third kappa shape index (κ3) is 4.23. The molecule has 2 aliphatic rings. The fourth-order valence-electron chi connectivity index (χ4n) is 4.05. The van der Waals surface area contributed by atoms with Crippen molar-refractivity contribution in [1.29, 1.82) is 0 Å². The molecular formula is C26H26N2O2. The van der Waals surface area contributed by atoms with Crippen LogP contribution in [0.5, 0.6) is 5.75 Å². The molecule has 1 aromatic heterocycles. The lowest BCUT2D eigenvalue weighted by atomic mass is 10.1. The van der Waals surface area contributed by atoms with Gasteiger partial charge in [-0.3, -0.25) is 9.78 Å². The molecule has 2 aromatic carbocycles. The van der Waals surface area contributed by atoms with Crippen LogP contribution in [0, 0.1) is 5.92 Å². The Labute approximate surface area is 177 Å². The summed E-state index contributed by atoms with van der Waals surface area (Å²) in [5.41, 5.74) is 4.32. The highest BCUT2D eigenvalue weighted by Gasteiger charge is 2.35. The predicted molar refractivity (Wildman–Crippen MR) is 118 cm³/mol. The molecule has 5 rings (SSSR count). The fraction of sp³-hybridized carbons (Fsp3) is 0.308. The second kappa shape index (κ2) is 8.31. The number of aromatic nitrogens is 1. The molecule has 1 saturated carbocycles. The van der Waals surface area contributed by atoms with Gasteiger partial charge < -0.3 is 9.64 Å². The third-order valence-corrected chi connectivity index (χ3v) is 6.00. The number of pyridine rings is 1. The Morgan fingerprint density at radius 3 is 2.13 bits per heavy atom. The molecule has 1 aliphatic carbocycles. The molecule has 0 N–H and O–H groups in total. The van der Waals surface area contributed by atoms with Crippen LogP contribution in [-0.4, -0.2) is 35.0 Å². The molecule has 4 nitrogen and oxygen atoms in total. The molecule has 0 radical (unpaired) electrons. The van der Waals surface area contributed by atoms with Gasteiger partial charge in [0.15, 0.2) is 0 Å². The molecule has 0 unspecified atom stereocenters. The van der Waals surface area contributed by atoms with E-state index in [2.05, 4.69) is 41.4 Å². The molecule has 1 amide bonds. The van der Waals surface area contributed by atoms with E-state index >= 15 is 0 Å². The van der Waals surface area contributed by atoms with Crippen molar-refractivity contribution in [3.05, 3.63) is 72.9 Å². The number of hydrogen-bond acceptors (Lipinski definition) is 3. The monoisotopic (exact) mass is 398 g/mol. The zero-order chi connectivity index (χ0) is 20.3. The third-order valence-electron chi connectivity index (χ3n) is 6.00. The van der Waals surface area contributed by atoms with Gasteiger partial charge in [0.2, 0.25) is 5.91 Å². The topological polar surface area (TPSA) is 42.4 Å². The van der Waals surface area contributed by atoms with E-state index in [1.165, 1.54) is 0 Å². The highest BCUT2D eigenvalue weighted by atomic mass is 16.5. The maximum absolute atomic E-state index is 12.2. The van der Waals surface area contributed by atoms with E-state index in [0.29, 0.717) is 11.8 Å². The summed E-state index contributed by atoms with van der Waals surface area (Å²) in [7, 11) is 0. The first kappa shape index (κ1) is 18.9. The lowest BCUT2D eigenvalue weighted by Crippen LogP contribution is -2.42. The fourth-order valence-corrected chi connectivity index (χ4v) is 4.05. The molecule has 1 saturated heterocycles. The first-order valence-electron chi connectivity index (χ1n) is 10.8. The molecule has 0 bridgehead atoms. The predicted octanol–water partition coefficient (Wildman–Crippen LogP) is 5.20. The Hall–Kier alpha value is -3.14. The van der Waals surface area contributed by atoms with E-state index in [0.717, 1.165) is 66.9 Å². The van der Waals surface area contributed by atoms with Gasteiger partial charge in [0.1, 0.15) is 11.9 Å². The van der Waals surface area contributed by atoms with E-state index in [-0.39, 0.29) is 6.10 Å². The normalized spacial score (nSPS) is 17.0. The molecule has 30 heavy (non-hydrogen) atoms. The summed E-state index contributed by atoms with van der Waals surface area (Å²) in [6, 6.07) is 22.6. The molecule has 2 heterocycles. The standard InChI is InChI=1S/C26H26N2O2/c29-26(21-6-7-21)28-16-14-24(15-17-28)30-23-11-8-19(9-12-23)22-10-13-25(27-18-22)20-4-2-1-3-5-20/h1-5,8-13,18,21,24H,6-7,14-17H2. The number of rotatable bonds is 5. The van der Waals surface area contributed by atoms with Gasteiger partial charge in [0.25, 0.3) is 0 Å². The van der Waals surface area contributed by atoms with Crippen molar-refractivity contribution in [2.24, 2.45) is 5.92 Å². The van der Waals surface area contributed by atoms with Crippen LogP contribution < -0.4 is 4.74 Å². The number of benzene rings is 2. The molecule has 4 heteroatoms. The Kier molecular flexibility index (Phi) is 5.22. The van der Waals surface area contributed by atoms with Crippen molar-refractivity contribution in [2.75, 3.05) is 13.1 Å². The summed E-state index contributed by atoms with van der Waals surface area (Å²) >= 11 is 0. The van der Waals surface area contributed by atoms with Gasteiger partial charge in [-0.2, -0.15) is 0 Å². The van der Waals surface area contributed by atoms with Gasteiger partial charge in [0.05, 0.1) is 5.69 Å². The van der Waals surface area contributed by atoms with Crippen molar-refractivity contribution in [3.63, 3.8) is 0 Å². The van der Waals surface area contributed by atoms with Crippen molar-refractivity contribution in [3.8, 4) is 28.1 Å². The van der Waals surface area contributed by atoms with Crippen molar-refractivity contribution in [1.82, 2.24) is 9.88 Å².